The minimum absolute atomic E-state index is 0.0585. The van der Waals surface area contributed by atoms with Gasteiger partial charge in [0.1, 0.15) is 5.69 Å². The Bertz CT molecular complexity index is 1060. The zero-order chi connectivity index (χ0) is 19.6. The van der Waals surface area contributed by atoms with Gasteiger partial charge in [-0.2, -0.15) is 5.10 Å². The molecule has 2 heterocycles. The van der Waals surface area contributed by atoms with Crippen LogP contribution in [0.25, 0.3) is 0 Å². The highest BCUT2D eigenvalue weighted by molar-refractivity contribution is 7.93. The number of benzene rings is 1. The van der Waals surface area contributed by atoms with E-state index >= 15 is 0 Å². The van der Waals surface area contributed by atoms with Gasteiger partial charge in [0.25, 0.3) is 15.9 Å². The van der Waals surface area contributed by atoms with E-state index in [0.29, 0.717) is 22.9 Å². The molecule has 0 saturated heterocycles. The van der Waals surface area contributed by atoms with E-state index in [1.807, 2.05) is 6.92 Å². The predicted octanol–water partition coefficient (Wildman–Crippen LogP) is 3.37. The number of rotatable bonds is 6. The van der Waals surface area contributed by atoms with Gasteiger partial charge in [-0.05, 0) is 38.1 Å². The average molecular weight is 426 g/mol. The predicted molar refractivity (Wildman–Crippen MR) is 105 cm³/mol. The first-order chi connectivity index (χ1) is 12.8. The zero-order valence-electron chi connectivity index (χ0n) is 14.4. The lowest BCUT2D eigenvalue weighted by atomic mass is 10.3. The number of amides is 1. The van der Waals surface area contributed by atoms with Gasteiger partial charge in [0, 0.05) is 23.8 Å². The van der Waals surface area contributed by atoms with Crippen molar-refractivity contribution in [3.05, 3.63) is 52.3 Å². The lowest BCUT2D eigenvalue weighted by Gasteiger charge is -2.09. The summed E-state index contributed by atoms with van der Waals surface area (Å²) in [6, 6.07) is 5.80. The molecule has 2 N–H and O–H groups in total. The summed E-state index contributed by atoms with van der Waals surface area (Å²) < 4.78 is 28.6. The molecule has 0 fully saturated rings. The number of nitrogens with one attached hydrogen (secondary N) is 2. The topological polar surface area (TPSA) is 106 Å². The smallest absolute Gasteiger partial charge is 0.275 e. The van der Waals surface area contributed by atoms with Crippen LogP contribution in [-0.2, 0) is 16.6 Å². The van der Waals surface area contributed by atoms with E-state index in [2.05, 4.69) is 20.1 Å². The third-order valence-corrected chi connectivity index (χ3v) is 6.27. The molecular formula is C16H16ClN5O3S2. The van der Waals surface area contributed by atoms with E-state index < -0.39 is 15.9 Å². The molecule has 11 heteroatoms. The fourth-order valence-electron chi connectivity index (χ4n) is 2.36. The van der Waals surface area contributed by atoms with Crippen molar-refractivity contribution >= 4 is 49.7 Å². The zero-order valence-corrected chi connectivity index (χ0v) is 16.8. The van der Waals surface area contributed by atoms with Gasteiger partial charge in [0.05, 0.1) is 15.6 Å². The summed E-state index contributed by atoms with van der Waals surface area (Å²) in [6.45, 7) is 4.07. The van der Waals surface area contributed by atoms with Crippen LogP contribution in [0.5, 0.6) is 0 Å². The highest BCUT2D eigenvalue weighted by Gasteiger charge is 2.20. The normalized spacial score (nSPS) is 11.4. The summed E-state index contributed by atoms with van der Waals surface area (Å²) in [4.78, 5) is 16.5. The van der Waals surface area contributed by atoms with Crippen LogP contribution >= 0.6 is 22.9 Å². The van der Waals surface area contributed by atoms with Crippen molar-refractivity contribution in [2.45, 2.75) is 25.3 Å². The Hall–Kier alpha value is -2.43. The molecule has 0 radical (unpaired) electrons. The summed E-state index contributed by atoms with van der Waals surface area (Å²) in [5.74, 6) is -0.418. The number of hydrogen-bond donors (Lipinski definition) is 2. The molecule has 3 aromatic rings. The number of hydrogen-bond acceptors (Lipinski definition) is 6. The van der Waals surface area contributed by atoms with Crippen molar-refractivity contribution in [1.29, 1.82) is 0 Å². The molecule has 3 rings (SSSR count). The van der Waals surface area contributed by atoms with Crippen molar-refractivity contribution in [2.24, 2.45) is 0 Å². The Morgan fingerprint density at radius 1 is 1.30 bits per heavy atom. The van der Waals surface area contributed by atoms with E-state index in [1.165, 1.54) is 46.5 Å². The van der Waals surface area contributed by atoms with Crippen molar-refractivity contribution in [3.8, 4) is 0 Å². The maximum absolute atomic E-state index is 12.5. The van der Waals surface area contributed by atoms with Crippen LogP contribution in [0.1, 0.15) is 23.1 Å². The molecule has 27 heavy (non-hydrogen) atoms. The van der Waals surface area contributed by atoms with Crippen LogP contribution in [0.3, 0.4) is 0 Å². The summed E-state index contributed by atoms with van der Waals surface area (Å²) in [5, 5.41) is 9.15. The molecule has 0 bridgehead atoms. The number of carbonyl (C=O) groups excluding carboxylic acids is 1. The maximum Gasteiger partial charge on any atom is 0.275 e. The number of thiazole rings is 1. The first-order valence-electron chi connectivity index (χ1n) is 7.88. The molecule has 0 aliphatic rings. The van der Waals surface area contributed by atoms with Crippen molar-refractivity contribution in [2.75, 3.05) is 10.0 Å². The van der Waals surface area contributed by atoms with Gasteiger partial charge >= 0.3 is 0 Å². The second-order valence-corrected chi connectivity index (χ2v) is 8.44. The second kappa shape index (κ2) is 7.67. The maximum atomic E-state index is 12.5. The minimum Gasteiger partial charge on any atom is -0.321 e. The molecular weight excluding hydrogens is 410 g/mol. The van der Waals surface area contributed by atoms with Gasteiger partial charge in [0.2, 0.25) is 0 Å². The Kier molecular flexibility index (Phi) is 5.49. The van der Waals surface area contributed by atoms with Crippen LogP contribution in [-0.4, -0.2) is 29.1 Å². The third-order valence-electron chi connectivity index (χ3n) is 3.65. The van der Waals surface area contributed by atoms with Crippen LogP contribution in [0.4, 0.5) is 10.8 Å². The van der Waals surface area contributed by atoms with Gasteiger partial charge in [0.15, 0.2) is 5.13 Å². The van der Waals surface area contributed by atoms with Gasteiger partial charge in [-0.25, -0.2) is 13.4 Å². The fourth-order valence-corrected chi connectivity index (χ4v) is 4.37. The van der Waals surface area contributed by atoms with Crippen molar-refractivity contribution in [3.63, 3.8) is 0 Å². The van der Waals surface area contributed by atoms with Crippen molar-refractivity contribution < 1.29 is 13.2 Å². The van der Waals surface area contributed by atoms with E-state index in [-0.39, 0.29) is 15.7 Å². The molecule has 0 spiro atoms. The van der Waals surface area contributed by atoms with E-state index in [4.69, 9.17) is 11.6 Å². The number of sulfonamides is 1. The van der Waals surface area contributed by atoms with E-state index in [0.717, 1.165) is 0 Å². The fraction of sp³-hybridized carbons (Fsp3) is 0.188. The molecule has 8 nitrogen and oxygen atoms in total. The SMILES string of the molecule is CCn1nc(C)c(Cl)c1C(=O)Nc1ccc(S(=O)(=O)Nc2nccs2)cc1. The molecule has 0 unspecified atom stereocenters. The molecule has 0 saturated carbocycles. The Morgan fingerprint density at radius 2 is 2.00 bits per heavy atom. The number of aryl methyl sites for hydroxylation is 2. The number of aromatic nitrogens is 3. The molecule has 142 valence electrons. The molecule has 0 aliphatic carbocycles. The molecule has 1 aromatic carbocycles. The summed E-state index contributed by atoms with van der Waals surface area (Å²) in [6.07, 6.45) is 1.51. The second-order valence-electron chi connectivity index (χ2n) is 5.49. The van der Waals surface area contributed by atoms with E-state index in [9.17, 15) is 13.2 Å². The Balaban J connectivity index is 1.77. The first-order valence-corrected chi connectivity index (χ1v) is 10.6. The summed E-state index contributed by atoms with van der Waals surface area (Å²) >= 11 is 7.35. The molecule has 1 amide bonds. The van der Waals surface area contributed by atoms with Crippen LogP contribution in [0.2, 0.25) is 5.02 Å². The van der Waals surface area contributed by atoms with Crippen molar-refractivity contribution in [1.82, 2.24) is 14.8 Å². The number of anilines is 2. The molecule has 2 aromatic heterocycles. The van der Waals surface area contributed by atoms with Crippen LogP contribution in [0, 0.1) is 6.92 Å². The molecule has 0 aliphatic heterocycles. The first kappa shape index (κ1) is 19.3. The largest absolute Gasteiger partial charge is 0.321 e. The minimum atomic E-state index is -3.74. The van der Waals surface area contributed by atoms with Gasteiger partial charge < -0.3 is 5.32 Å². The average Bonchev–Trinajstić information content (AvgIpc) is 3.23. The highest BCUT2D eigenvalue weighted by Crippen LogP contribution is 2.23. The monoisotopic (exact) mass is 425 g/mol. The van der Waals surface area contributed by atoms with Gasteiger partial charge in [-0.1, -0.05) is 11.6 Å². The molecule has 0 atom stereocenters. The van der Waals surface area contributed by atoms with Gasteiger partial charge in [-0.15, -0.1) is 11.3 Å². The summed E-state index contributed by atoms with van der Waals surface area (Å²) in [5.41, 5.74) is 1.27. The standard InChI is InChI=1S/C16H16ClN5O3S2/c1-3-22-14(13(17)10(2)20-22)15(23)19-11-4-6-12(7-5-11)27(24,25)21-16-18-8-9-26-16/h4-9H,3H2,1-2H3,(H,18,21)(H,19,23). The lowest BCUT2D eigenvalue weighted by Crippen LogP contribution is -2.18. The van der Waals surface area contributed by atoms with Crippen LogP contribution < -0.4 is 10.0 Å². The van der Waals surface area contributed by atoms with Gasteiger partial charge in [-0.3, -0.25) is 14.2 Å². The lowest BCUT2D eigenvalue weighted by molar-refractivity contribution is 0.101. The number of carbonyl (C=O) groups is 1. The van der Waals surface area contributed by atoms with Crippen LogP contribution in [0.15, 0.2) is 40.7 Å². The number of halogens is 1. The highest BCUT2D eigenvalue weighted by atomic mass is 35.5. The third kappa shape index (κ3) is 4.12. The Labute approximate surface area is 165 Å². The Morgan fingerprint density at radius 3 is 2.59 bits per heavy atom. The quantitative estimate of drug-likeness (QED) is 0.629. The summed E-state index contributed by atoms with van der Waals surface area (Å²) in [7, 11) is -3.74. The van der Waals surface area contributed by atoms with E-state index in [1.54, 1.807) is 12.3 Å². The number of nitrogens with zero attached hydrogens (tertiary/aromatic N) is 3.